The minimum atomic E-state index is -4.17. The number of nitrogens with zero attached hydrogens (tertiary/aromatic N) is 2. The van der Waals surface area contributed by atoms with Crippen molar-refractivity contribution in [3.8, 4) is 11.5 Å². The summed E-state index contributed by atoms with van der Waals surface area (Å²) >= 11 is 7.25. The Morgan fingerprint density at radius 2 is 1.59 bits per heavy atom. The Labute approximate surface area is 245 Å². The monoisotopic (exact) mass is 606 g/mol. The molecule has 0 fully saturated rings. The lowest BCUT2D eigenvalue weighted by atomic mass is 10.3. The van der Waals surface area contributed by atoms with Crippen LogP contribution >= 0.6 is 23.4 Å². The van der Waals surface area contributed by atoms with Crippen molar-refractivity contribution in [2.75, 3.05) is 16.4 Å². The second-order valence-corrected chi connectivity index (χ2v) is 11.9. The molecule has 0 radical (unpaired) electrons. The molecule has 2 amide bonds. The van der Waals surface area contributed by atoms with E-state index in [0.717, 1.165) is 15.7 Å². The molecule has 12 heteroatoms. The standard InChI is InChI=1S/C29H23ClN4O5S2/c1-19(35)31-25-16-15-23(17-24(25)30)41(37,38)34-27-10-6-5-9-26(27)33-29(34)40-18-28(36)32-20-11-13-22(14-12-20)39-21-7-3-2-4-8-21/h2-17H,18H2,1H3,(H,31,35)(H,32,36). The molecular formula is C29H23ClN4O5S2. The number of imidazole rings is 1. The summed E-state index contributed by atoms with van der Waals surface area (Å²) in [6.45, 7) is 1.33. The van der Waals surface area contributed by atoms with Gasteiger partial charge in [0.05, 0.1) is 32.4 Å². The zero-order chi connectivity index (χ0) is 29.0. The van der Waals surface area contributed by atoms with Gasteiger partial charge in [-0.15, -0.1) is 0 Å². The van der Waals surface area contributed by atoms with E-state index in [1.807, 2.05) is 30.3 Å². The van der Waals surface area contributed by atoms with Crippen LogP contribution < -0.4 is 15.4 Å². The van der Waals surface area contributed by atoms with Crippen molar-refractivity contribution in [1.29, 1.82) is 0 Å². The topological polar surface area (TPSA) is 119 Å². The van der Waals surface area contributed by atoms with Crippen LogP contribution in [0.5, 0.6) is 11.5 Å². The number of aromatic nitrogens is 2. The number of fused-ring (bicyclic) bond motifs is 1. The van der Waals surface area contributed by atoms with Gasteiger partial charge >= 0.3 is 0 Å². The van der Waals surface area contributed by atoms with Crippen molar-refractivity contribution in [2.24, 2.45) is 0 Å². The fraction of sp³-hybridized carbons (Fsp3) is 0.0690. The van der Waals surface area contributed by atoms with Gasteiger partial charge in [-0.25, -0.2) is 17.4 Å². The fourth-order valence-corrected chi connectivity index (χ4v) is 6.75. The van der Waals surface area contributed by atoms with Gasteiger partial charge in [-0.3, -0.25) is 9.59 Å². The van der Waals surface area contributed by atoms with Crippen molar-refractivity contribution in [3.63, 3.8) is 0 Å². The van der Waals surface area contributed by atoms with Crippen LogP contribution in [0.1, 0.15) is 6.92 Å². The number of ether oxygens (including phenoxy) is 1. The maximum Gasteiger partial charge on any atom is 0.270 e. The summed E-state index contributed by atoms with van der Waals surface area (Å²) in [5, 5.41) is 5.55. The maximum atomic E-state index is 13.8. The minimum Gasteiger partial charge on any atom is -0.457 e. The van der Waals surface area contributed by atoms with Gasteiger partial charge in [-0.2, -0.15) is 0 Å². The summed E-state index contributed by atoms with van der Waals surface area (Å²) < 4.78 is 34.4. The van der Waals surface area contributed by atoms with Crippen LogP contribution in [0.25, 0.3) is 11.0 Å². The molecule has 2 N–H and O–H groups in total. The van der Waals surface area contributed by atoms with Crippen LogP contribution in [0.3, 0.4) is 0 Å². The molecule has 208 valence electrons. The van der Waals surface area contributed by atoms with E-state index >= 15 is 0 Å². The molecule has 1 aromatic heterocycles. The third-order valence-electron chi connectivity index (χ3n) is 5.73. The summed E-state index contributed by atoms with van der Waals surface area (Å²) in [5.41, 5.74) is 1.66. The SMILES string of the molecule is CC(=O)Nc1ccc(S(=O)(=O)n2c(SCC(=O)Nc3ccc(Oc4ccccc4)cc3)nc3ccccc32)cc1Cl. The lowest BCUT2D eigenvalue weighted by Gasteiger charge is -2.12. The van der Waals surface area contributed by atoms with E-state index in [-0.39, 0.29) is 32.6 Å². The third kappa shape index (κ3) is 6.54. The fourth-order valence-electron chi connectivity index (χ4n) is 3.92. The van der Waals surface area contributed by atoms with Crippen molar-refractivity contribution >= 4 is 67.6 Å². The molecule has 0 atom stereocenters. The molecule has 0 aliphatic carbocycles. The number of hydrogen-bond acceptors (Lipinski definition) is 7. The van der Waals surface area contributed by atoms with E-state index < -0.39 is 10.0 Å². The normalized spacial score (nSPS) is 11.3. The minimum absolute atomic E-state index is 0.0689. The molecule has 0 spiro atoms. The maximum absolute atomic E-state index is 13.8. The van der Waals surface area contributed by atoms with Crippen LogP contribution in [-0.4, -0.2) is 34.9 Å². The van der Waals surface area contributed by atoms with E-state index in [4.69, 9.17) is 16.3 Å². The first-order chi connectivity index (χ1) is 19.7. The van der Waals surface area contributed by atoms with E-state index in [1.165, 1.54) is 25.1 Å². The molecule has 0 aliphatic heterocycles. The molecule has 0 aliphatic rings. The molecule has 0 unspecified atom stereocenters. The molecule has 5 rings (SSSR count). The highest BCUT2D eigenvalue weighted by molar-refractivity contribution is 8.00. The summed E-state index contributed by atoms with van der Waals surface area (Å²) in [6, 6.07) is 27.1. The van der Waals surface area contributed by atoms with Gasteiger partial charge in [-0.1, -0.05) is 53.7 Å². The van der Waals surface area contributed by atoms with Crippen LogP contribution in [0.4, 0.5) is 11.4 Å². The second-order valence-electron chi connectivity index (χ2n) is 8.75. The number of amides is 2. The first kappa shape index (κ1) is 28.2. The van der Waals surface area contributed by atoms with Gasteiger partial charge < -0.3 is 15.4 Å². The molecule has 0 saturated carbocycles. The number of nitrogens with one attached hydrogen (secondary N) is 2. The van der Waals surface area contributed by atoms with E-state index in [0.29, 0.717) is 33.9 Å². The first-order valence-electron chi connectivity index (χ1n) is 12.3. The van der Waals surface area contributed by atoms with Gasteiger partial charge in [0.25, 0.3) is 10.0 Å². The Morgan fingerprint density at radius 3 is 2.29 bits per heavy atom. The predicted molar refractivity (Wildman–Crippen MR) is 160 cm³/mol. The number of hydrogen-bond donors (Lipinski definition) is 2. The van der Waals surface area contributed by atoms with Gasteiger partial charge in [0.2, 0.25) is 11.8 Å². The number of para-hydroxylation sites is 3. The molecule has 41 heavy (non-hydrogen) atoms. The van der Waals surface area contributed by atoms with Crippen molar-refractivity contribution in [1.82, 2.24) is 8.96 Å². The number of carbonyl (C=O) groups excluding carboxylic acids is 2. The van der Waals surface area contributed by atoms with E-state index in [2.05, 4.69) is 15.6 Å². The summed E-state index contributed by atoms with van der Waals surface area (Å²) in [6.07, 6.45) is 0. The van der Waals surface area contributed by atoms with Crippen molar-refractivity contribution in [3.05, 3.63) is 102 Å². The number of halogens is 1. The van der Waals surface area contributed by atoms with E-state index in [9.17, 15) is 18.0 Å². The van der Waals surface area contributed by atoms with Crippen molar-refractivity contribution in [2.45, 2.75) is 17.0 Å². The van der Waals surface area contributed by atoms with Crippen LogP contribution in [0.2, 0.25) is 5.02 Å². The molecule has 9 nitrogen and oxygen atoms in total. The Bertz CT molecular complexity index is 1840. The van der Waals surface area contributed by atoms with Gasteiger partial charge in [0.15, 0.2) is 5.16 Å². The van der Waals surface area contributed by atoms with E-state index in [1.54, 1.807) is 48.5 Å². The molecule has 4 aromatic carbocycles. The number of benzene rings is 4. The Kier molecular flexibility index (Phi) is 8.29. The van der Waals surface area contributed by atoms with Crippen LogP contribution in [0.15, 0.2) is 107 Å². The Balaban J connectivity index is 1.33. The highest BCUT2D eigenvalue weighted by Crippen LogP contribution is 2.32. The molecule has 1 heterocycles. The lowest BCUT2D eigenvalue weighted by Crippen LogP contribution is -2.17. The highest BCUT2D eigenvalue weighted by Gasteiger charge is 2.26. The smallest absolute Gasteiger partial charge is 0.270 e. The number of carbonyl (C=O) groups is 2. The highest BCUT2D eigenvalue weighted by atomic mass is 35.5. The average molecular weight is 607 g/mol. The molecule has 5 aromatic rings. The van der Waals surface area contributed by atoms with Gasteiger partial charge in [0.1, 0.15) is 11.5 Å². The summed E-state index contributed by atoms with van der Waals surface area (Å²) in [7, 11) is -4.17. The van der Waals surface area contributed by atoms with Gasteiger partial charge in [0, 0.05) is 12.6 Å². The molecule has 0 saturated heterocycles. The molecule has 0 bridgehead atoms. The lowest BCUT2D eigenvalue weighted by molar-refractivity contribution is -0.114. The van der Waals surface area contributed by atoms with Gasteiger partial charge in [-0.05, 0) is 66.7 Å². The predicted octanol–water partition coefficient (Wildman–Crippen LogP) is 6.41. The zero-order valence-corrected chi connectivity index (χ0v) is 24.0. The third-order valence-corrected chi connectivity index (χ3v) is 8.80. The summed E-state index contributed by atoms with van der Waals surface area (Å²) in [4.78, 5) is 28.6. The molecular weight excluding hydrogens is 584 g/mol. The largest absolute Gasteiger partial charge is 0.457 e. The number of thioether (sulfide) groups is 1. The second kappa shape index (κ2) is 12.0. The quantitative estimate of drug-likeness (QED) is 0.186. The Hall–Kier alpha value is -4.32. The summed E-state index contributed by atoms with van der Waals surface area (Å²) in [5.74, 6) is 0.544. The Morgan fingerprint density at radius 1 is 0.902 bits per heavy atom. The van der Waals surface area contributed by atoms with Crippen LogP contribution in [0, 0.1) is 0 Å². The zero-order valence-electron chi connectivity index (χ0n) is 21.6. The van der Waals surface area contributed by atoms with Crippen LogP contribution in [-0.2, 0) is 19.6 Å². The number of rotatable bonds is 9. The average Bonchev–Trinajstić information content (AvgIpc) is 3.34. The first-order valence-corrected chi connectivity index (χ1v) is 15.1. The number of anilines is 2. The van der Waals surface area contributed by atoms with Crippen molar-refractivity contribution < 1.29 is 22.7 Å².